The highest BCUT2D eigenvalue weighted by Crippen LogP contribution is 2.15. The van der Waals surface area contributed by atoms with Gasteiger partial charge in [0, 0.05) is 11.8 Å². The number of nitrogens with one attached hydrogen (secondary N) is 1. The van der Waals surface area contributed by atoms with Gasteiger partial charge in [0.25, 0.3) is 0 Å². The molecular weight excluding hydrogens is 216 g/mol. The molecule has 0 saturated carbocycles. The van der Waals surface area contributed by atoms with Crippen LogP contribution in [-0.4, -0.2) is 15.7 Å². The summed E-state index contributed by atoms with van der Waals surface area (Å²) in [5, 5.41) is 12.1. The standard InChI is InChI=1S/C13H18N2O2/c1-9(16)11-6-7-12(14-8-11)15-10(2)17-13(3,4)5/h6-8,16H,1-2H2,3-5H3,(H,14,15). The molecular formula is C13H18N2O2. The zero-order chi connectivity index (χ0) is 13.1. The van der Waals surface area contributed by atoms with Gasteiger partial charge >= 0.3 is 0 Å². The summed E-state index contributed by atoms with van der Waals surface area (Å²) < 4.78 is 5.51. The molecule has 0 aromatic carbocycles. The fourth-order valence-electron chi connectivity index (χ4n) is 1.18. The van der Waals surface area contributed by atoms with Gasteiger partial charge in [-0.1, -0.05) is 6.58 Å². The smallest absolute Gasteiger partial charge is 0.185 e. The van der Waals surface area contributed by atoms with Gasteiger partial charge in [-0.25, -0.2) is 4.98 Å². The fourth-order valence-corrected chi connectivity index (χ4v) is 1.18. The van der Waals surface area contributed by atoms with E-state index in [1.807, 2.05) is 20.8 Å². The summed E-state index contributed by atoms with van der Waals surface area (Å²) in [7, 11) is 0. The van der Waals surface area contributed by atoms with Crippen LogP contribution in [0.4, 0.5) is 5.82 Å². The Morgan fingerprint density at radius 3 is 2.41 bits per heavy atom. The van der Waals surface area contributed by atoms with Crippen LogP contribution in [0.15, 0.2) is 37.4 Å². The lowest BCUT2D eigenvalue weighted by Crippen LogP contribution is -2.21. The van der Waals surface area contributed by atoms with Gasteiger partial charge in [-0.3, -0.25) is 0 Å². The first-order valence-corrected chi connectivity index (χ1v) is 5.27. The summed E-state index contributed by atoms with van der Waals surface area (Å²) in [4.78, 5) is 4.10. The molecule has 92 valence electrons. The first kappa shape index (κ1) is 13.1. The number of nitrogens with zero attached hydrogens (tertiary/aromatic N) is 1. The molecule has 0 spiro atoms. The zero-order valence-electron chi connectivity index (χ0n) is 10.4. The van der Waals surface area contributed by atoms with Crippen LogP contribution in [0.5, 0.6) is 0 Å². The second-order valence-corrected chi connectivity index (χ2v) is 4.64. The van der Waals surface area contributed by atoms with Crippen molar-refractivity contribution in [2.75, 3.05) is 5.32 Å². The molecule has 0 fully saturated rings. The summed E-state index contributed by atoms with van der Waals surface area (Å²) >= 11 is 0. The fraction of sp³-hybridized carbons (Fsp3) is 0.308. The van der Waals surface area contributed by atoms with Crippen molar-refractivity contribution in [1.82, 2.24) is 4.98 Å². The topological polar surface area (TPSA) is 54.4 Å². The number of aliphatic hydroxyl groups is 1. The van der Waals surface area contributed by atoms with Gasteiger partial charge in [-0.2, -0.15) is 0 Å². The molecule has 0 saturated heterocycles. The van der Waals surface area contributed by atoms with Crippen molar-refractivity contribution in [3.8, 4) is 0 Å². The van der Waals surface area contributed by atoms with Crippen LogP contribution in [0, 0.1) is 0 Å². The monoisotopic (exact) mass is 234 g/mol. The van der Waals surface area contributed by atoms with Gasteiger partial charge < -0.3 is 15.2 Å². The van der Waals surface area contributed by atoms with E-state index in [1.54, 1.807) is 12.1 Å². The molecule has 0 unspecified atom stereocenters. The molecule has 0 radical (unpaired) electrons. The SMILES string of the molecule is C=C(Nc1ccc(C(=C)O)cn1)OC(C)(C)C. The van der Waals surface area contributed by atoms with Gasteiger partial charge in [0.2, 0.25) is 0 Å². The molecule has 1 aromatic heterocycles. The van der Waals surface area contributed by atoms with E-state index >= 15 is 0 Å². The van der Waals surface area contributed by atoms with Crippen LogP contribution in [-0.2, 0) is 4.74 Å². The first-order chi connectivity index (χ1) is 7.78. The number of anilines is 1. The highest BCUT2D eigenvalue weighted by Gasteiger charge is 2.12. The van der Waals surface area contributed by atoms with Crippen LogP contribution < -0.4 is 5.32 Å². The van der Waals surface area contributed by atoms with Crippen molar-refractivity contribution in [3.63, 3.8) is 0 Å². The Bertz CT molecular complexity index is 416. The molecule has 0 bridgehead atoms. The van der Waals surface area contributed by atoms with E-state index < -0.39 is 0 Å². The third-order valence-corrected chi connectivity index (χ3v) is 1.79. The predicted molar refractivity (Wildman–Crippen MR) is 69.5 cm³/mol. The van der Waals surface area contributed by atoms with Gasteiger partial charge in [0.1, 0.15) is 17.2 Å². The molecule has 0 aliphatic heterocycles. The van der Waals surface area contributed by atoms with Gasteiger partial charge in [-0.05, 0) is 39.5 Å². The second kappa shape index (κ2) is 4.91. The maximum absolute atomic E-state index is 9.15. The Morgan fingerprint density at radius 1 is 1.35 bits per heavy atom. The third-order valence-electron chi connectivity index (χ3n) is 1.79. The van der Waals surface area contributed by atoms with E-state index in [9.17, 15) is 0 Å². The summed E-state index contributed by atoms with van der Waals surface area (Å²) in [5.41, 5.74) is 0.279. The van der Waals surface area contributed by atoms with E-state index in [0.29, 0.717) is 17.3 Å². The molecule has 1 rings (SSSR count). The summed E-state index contributed by atoms with van der Waals surface area (Å²) in [6.07, 6.45) is 1.52. The Labute approximate surface area is 102 Å². The minimum atomic E-state index is -0.302. The number of aliphatic hydroxyl groups excluding tert-OH is 1. The van der Waals surface area contributed by atoms with Gasteiger partial charge in [-0.15, -0.1) is 0 Å². The lowest BCUT2D eigenvalue weighted by atomic mass is 10.2. The Morgan fingerprint density at radius 2 is 2.00 bits per heavy atom. The van der Waals surface area contributed by atoms with Crippen LogP contribution in [0.1, 0.15) is 26.3 Å². The number of ether oxygens (including phenoxy) is 1. The highest BCUT2D eigenvalue weighted by atomic mass is 16.5. The maximum atomic E-state index is 9.15. The zero-order valence-corrected chi connectivity index (χ0v) is 10.4. The van der Waals surface area contributed by atoms with Crippen molar-refractivity contribution in [3.05, 3.63) is 42.9 Å². The number of hydrogen-bond donors (Lipinski definition) is 2. The molecule has 4 nitrogen and oxygen atoms in total. The molecule has 4 heteroatoms. The quantitative estimate of drug-likeness (QED) is 0.785. The normalized spacial score (nSPS) is 10.8. The molecule has 2 N–H and O–H groups in total. The van der Waals surface area contributed by atoms with E-state index in [-0.39, 0.29) is 11.4 Å². The van der Waals surface area contributed by atoms with E-state index in [4.69, 9.17) is 9.84 Å². The average Bonchev–Trinajstić information content (AvgIpc) is 2.15. The van der Waals surface area contributed by atoms with Crippen molar-refractivity contribution < 1.29 is 9.84 Å². The maximum Gasteiger partial charge on any atom is 0.185 e. The Balaban J connectivity index is 2.64. The van der Waals surface area contributed by atoms with Crippen molar-refractivity contribution in [2.45, 2.75) is 26.4 Å². The van der Waals surface area contributed by atoms with Crippen LogP contribution in [0.2, 0.25) is 0 Å². The van der Waals surface area contributed by atoms with Crippen LogP contribution in [0.3, 0.4) is 0 Å². The van der Waals surface area contributed by atoms with Gasteiger partial charge in [0.05, 0.1) is 0 Å². The molecule has 17 heavy (non-hydrogen) atoms. The van der Waals surface area contributed by atoms with Gasteiger partial charge in [0.15, 0.2) is 5.88 Å². The third kappa shape index (κ3) is 4.59. The molecule has 1 aromatic rings. The molecule has 0 amide bonds. The summed E-state index contributed by atoms with van der Waals surface area (Å²) in [5.74, 6) is 1.03. The van der Waals surface area contributed by atoms with Crippen molar-refractivity contribution in [2.24, 2.45) is 0 Å². The number of pyridine rings is 1. The first-order valence-electron chi connectivity index (χ1n) is 5.27. The number of hydrogen-bond acceptors (Lipinski definition) is 4. The molecule has 0 aliphatic rings. The second-order valence-electron chi connectivity index (χ2n) is 4.64. The minimum absolute atomic E-state index is 0.00572. The van der Waals surface area contributed by atoms with E-state index in [1.165, 1.54) is 6.20 Å². The average molecular weight is 234 g/mol. The Kier molecular flexibility index (Phi) is 3.78. The van der Waals surface area contributed by atoms with Crippen LogP contribution in [0.25, 0.3) is 5.76 Å². The molecule has 1 heterocycles. The Hall–Kier alpha value is -1.97. The summed E-state index contributed by atoms with van der Waals surface area (Å²) in [6.45, 7) is 13.0. The largest absolute Gasteiger partial charge is 0.508 e. The lowest BCUT2D eigenvalue weighted by Gasteiger charge is -2.23. The summed E-state index contributed by atoms with van der Waals surface area (Å²) in [6, 6.07) is 3.43. The highest BCUT2D eigenvalue weighted by molar-refractivity contribution is 5.56. The molecule has 0 aliphatic carbocycles. The number of rotatable bonds is 4. The molecule has 0 atom stereocenters. The van der Waals surface area contributed by atoms with E-state index in [2.05, 4.69) is 23.5 Å². The number of aromatic nitrogens is 1. The van der Waals surface area contributed by atoms with Crippen molar-refractivity contribution >= 4 is 11.6 Å². The minimum Gasteiger partial charge on any atom is -0.508 e. The van der Waals surface area contributed by atoms with Crippen LogP contribution >= 0.6 is 0 Å². The predicted octanol–water partition coefficient (Wildman–Crippen LogP) is 3.31. The van der Waals surface area contributed by atoms with E-state index in [0.717, 1.165) is 0 Å². The lowest BCUT2D eigenvalue weighted by molar-refractivity contribution is 0.0564. The van der Waals surface area contributed by atoms with Crippen molar-refractivity contribution in [1.29, 1.82) is 0 Å².